The number of carbonyl (C=O) groups is 2. The Morgan fingerprint density at radius 2 is 1.70 bits per heavy atom. The molecule has 1 aliphatic heterocycles. The first-order valence-corrected chi connectivity index (χ1v) is 6.96. The lowest BCUT2D eigenvalue weighted by atomic mass is 10.1. The van der Waals surface area contributed by atoms with E-state index >= 15 is 0 Å². The first kappa shape index (κ1) is 16.3. The van der Waals surface area contributed by atoms with Gasteiger partial charge in [0.1, 0.15) is 5.84 Å². The summed E-state index contributed by atoms with van der Waals surface area (Å²) in [5, 5.41) is 2.81. The van der Waals surface area contributed by atoms with E-state index < -0.39 is 18.0 Å². The molecule has 0 bridgehead atoms. The normalized spacial score (nSPS) is 21.8. The molecule has 1 aliphatic rings. The summed E-state index contributed by atoms with van der Waals surface area (Å²) in [6.45, 7) is 2.64. The maximum absolute atomic E-state index is 11.8. The van der Waals surface area contributed by atoms with E-state index in [2.05, 4.69) is 17.1 Å². The van der Waals surface area contributed by atoms with Gasteiger partial charge in [-0.3, -0.25) is 19.6 Å². The molecule has 1 atom stereocenters. The number of amides is 3. The zero-order valence-corrected chi connectivity index (χ0v) is 12.3. The second-order valence-corrected chi connectivity index (χ2v) is 4.90. The second-order valence-electron chi connectivity index (χ2n) is 4.90. The van der Waals surface area contributed by atoms with Gasteiger partial charge in [0.05, 0.1) is 0 Å². The van der Waals surface area contributed by atoms with Gasteiger partial charge in [0.25, 0.3) is 5.91 Å². The molecule has 0 aliphatic carbocycles. The number of hydrogen-bond donors (Lipinski definition) is 0. The van der Waals surface area contributed by atoms with Crippen molar-refractivity contribution >= 4 is 17.8 Å². The minimum atomic E-state index is -1.21. The Labute approximate surface area is 119 Å². The quantitative estimate of drug-likeness (QED) is 0.529. The Morgan fingerprint density at radius 3 is 2.30 bits per heavy atom. The summed E-state index contributed by atoms with van der Waals surface area (Å²) in [6, 6.07) is -1.70. The molecule has 0 spiro atoms. The van der Waals surface area contributed by atoms with Gasteiger partial charge in [0.2, 0.25) is 6.04 Å². The summed E-state index contributed by atoms with van der Waals surface area (Å²) in [5.41, 5.74) is 0. The van der Waals surface area contributed by atoms with Crippen LogP contribution in [0.25, 0.3) is 0 Å². The molecule has 20 heavy (non-hydrogen) atoms. The average Bonchev–Trinajstić information content (AvgIpc) is 2.45. The van der Waals surface area contributed by atoms with Crippen LogP contribution in [-0.2, 0) is 4.79 Å². The number of carbonyl (C=O) groups excluding carboxylic acids is 2. The summed E-state index contributed by atoms with van der Waals surface area (Å²) in [6.07, 6.45) is 5.43. The zero-order valence-electron chi connectivity index (χ0n) is 12.3. The van der Waals surface area contributed by atoms with Crippen LogP contribution in [0.2, 0.25) is 0 Å². The van der Waals surface area contributed by atoms with Gasteiger partial charge in [-0.1, -0.05) is 32.6 Å². The topological polar surface area (TPSA) is 82.4 Å². The van der Waals surface area contributed by atoms with E-state index in [1.165, 1.54) is 31.8 Å². The molecule has 3 amide bonds. The minimum Gasteiger partial charge on any atom is -0.283 e. The fourth-order valence-electron chi connectivity index (χ4n) is 2.09. The molecule has 0 N–H and O–H groups in total. The summed E-state index contributed by atoms with van der Waals surface area (Å²) >= 11 is 0. The van der Waals surface area contributed by atoms with Crippen molar-refractivity contribution in [3.63, 3.8) is 0 Å². The van der Waals surface area contributed by atoms with Crippen LogP contribution < -0.4 is 0 Å². The maximum Gasteiger partial charge on any atom is 0.331 e. The van der Waals surface area contributed by atoms with Crippen LogP contribution >= 0.6 is 0 Å². The van der Waals surface area contributed by atoms with Crippen LogP contribution in [0.4, 0.5) is 4.79 Å². The Bertz CT molecular complexity index is 408. The molecule has 1 rings (SSSR count). The Kier molecular flexibility index (Phi) is 6.27. The van der Waals surface area contributed by atoms with E-state index in [9.17, 15) is 14.5 Å². The van der Waals surface area contributed by atoms with Crippen LogP contribution in [0.15, 0.2) is 10.2 Å². The number of rotatable bonds is 7. The molecule has 0 aromatic heterocycles. The van der Waals surface area contributed by atoms with Crippen molar-refractivity contribution in [2.24, 2.45) is 10.2 Å². The van der Waals surface area contributed by atoms with Crippen molar-refractivity contribution in [3.05, 3.63) is 4.91 Å². The third kappa shape index (κ3) is 3.61. The number of aliphatic imine (C=N–C) groups is 1. The number of unbranched alkanes of at least 4 members (excludes halogenated alkanes) is 4. The highest BCUT2D eigenvalue weighted by Gasteiger charge is 2.41. The molecule has 112 valence electrons. The van der Waals surface area contributed by atoms with Gasteiger partial charge in [-0.2, -0.15) is 0 Å². The smallest absolute Gasteiger partial charge is 0.283 e. The Morgan fingerprint density at radius 1 is 1.05 bits per heavy atom. The Balaban J connectivity index is 2.66. The van der Waals surface area contributed by atoms with E-state index in [0.717, 1.165) is 24.2 Å². The molecule has 7 nitrogen and oxygen atoms in total. The monoisotopic (exact) mass is 282 g/mol. The molecule has 1 fully saturated rings. The Hall–Kier alpha value is -1.79. The van der Waals surface area contributed by atoms with Crippen LogP contribution in [0, 0.1) is 4.91 Å². The molecule has 0 aromatic rings. The van der Waals surface area contributed by atoms with E-state index in [0.29, 0.717) is 6.54 Å². The van der Waals surface area contributed by atoms with E-state index in [1.807, 2.05) is 0 Å². The lowest BCUT2D eigenvalue weighted by Crippen LogP contribution is -2.59. The minimum absolute atomic E-state index is 0.156. The highest BCUT2D eigenvalue weighted by atomic mass is 16.3. The molecule has 0 radical (unpaired) electrons. The first-order valence-electron chi connectivity index (χ1n) is 6.96. The second kappa shape index (κ2) is 7.72. The third-order valence-corrected chi connectivity index (χ3v) is 3.37. The summed E-state index contributed by atoms with van der Waals surface area (Å²) in [7, 11) is 2.83. The number of imide groups is 1. The number of likely N-dealkylation sites (N-methyl/N-ethyl adjacent to an activating group) is 2. The molecule has 1 saturated heterocycles. The SMILES string of the molecule is CCCCCCCN=C1C(N=O)C(=O)N(C)C(=O)N1C. The molecule has 1 unspecified atom stereocenters. The van der Waals surface area contributed by atoms with Crippen molar-refractivity contribution in [2.45, 2.75) is 45.1 Å². The van der Waals surface area contributed by atoms with Crippen LogP contribution in [0.3, 0.4) is 0 Å². The number of amidine groups is 1. The highest BCUT2D eigenvalue weighted by Crippen LogP contribution is 2.14. The summed E-state index contributed by atoms with van der Waals surface area (Å²) in [4.78, 5) is 40.8. The van der Waals surface area contributed by atoms with Gasteiger partial charge in [-0.25, -0.2) is 4.79 Å². The summed E-state index contributed by atoms with van der Waals surface area (Å²) in [5.74, 6) is -0.462. The number of urea groups is 1. The lowest BCUT2D eigenvalue weighted by molar-refractivity contribution is -0.128. The van der Waals surface area contributed by atoms with Crippen molar-refractivity contribution in [2.75, 3.05) is 20.6 Å². The maximum atomic E-state index is 11.8. The fourth-order valence-corrected chi connectivity index (χ4v) is 2.09. The van der Waals surface area contributed by atoms with Gasteiger partial charge in [0.15, 0.2) is 0 Å². The summed E-state index contributed by atoms with van der Waals surface area (Å²) < 4.78 is 0. The molecule has 0 saturated carbocycles. The van der Waals surface area contributed by atoms with E-state index in [-0.39, 0.29) is 5.84 Å². The standard InChI is InChI=1S/C13H22N4O3/c1-4-5-6-7-8-9-14-11-10(15-20)12(18)17(3)13(19)16(11)2/h10H,4-9H2,1-3H3. The van der Waals surface area contributed by atoms with Crippen molar-refractivity contribution in [1.29, 1.82) is 0 Å². The van der Waals surface area contributed by atoms with Gasteiger partial charge in [-0.15, -0.1) is 4.91 Å². The van der Waals surface area contributed by atoms with Gasteiger partial charge in [-0.05, 0) is 11.6 Å². The molecule has 0 aromatic carbocycles. The van der Waals surface area contributed by atoms with Crippen molar-refractivity contribution < 1.29 is 9.59 Å². The average molecular weight is 282 g/mol. The molecular formula is C13H22N4O3. The van der Waals surface area contributed by atoms with Crippen LogP contribution in [0.5, 0.6) is 0 Å². The zero-order chi connectivity index (χ0) is 15.1. The fraction of sp³-hybridized carbons (Fsp3) is 0.769. The molecular weight excluding hydrogens is 260 g/mol. The number of nitrogens with zero attached hydrogens (tertiary/aromatic N) is 4. The predicted octanol–water partition coefficient (Wildman–Crippen LogP) is 2.01. The highest BCUT2D eigenvalue weighted by molar-refractivity contribution is 6.20. The lowest BCUT2D eigenvalue weighted by Gasteiger charge is -2.32. The number of hydrogen-bond acceptors (Lipinski definition) is 5. The molecule has 7 heteroatoms. The third-order valence-electron chi connectivity index (χ3n) is 3.37. The van der Waals surface area contributed by atoms with Gasteiger partial charge in [0, 0.05) is 20.6 Å². The largest absolute Gasteiger partial charge is 0.331 e. The van der Waals surface area contributed by atoms with E-state index in [1.54, 1.807) is 0 Å². The van der Waals surface area contributed by atoms with Gasteiger partial charge < -0.3 is 0 Å². The van der Waals surface area contributed by atoms with Gasteiger partial charge >= 0.3 is 6.03 Å². The van der Waals surface area contributed by atoms with E-state index in [4.69, 9.17) is 0 Å². The number of nitroso groups, excluding NO2 is 1. The first-order chi connectivity index (χ1) is 9.54. The van der Waals surface area contributed by atoms with Crippen molar-refractivity contribution in [3.8, 4) is 0 Å². The van der Waals surface area contributed by atoms with Crippen LogP contribution in [0.1, 0.15) is 39.0 Å². The van der Waals surface area contributed by atoms with Crippen molar-refractivity contribution in [1.82, 2.24) is 9.80 Å². The predicted molar refractivity (Wildman–Crippen MR) is 76.6 cm³/mol. The molecule has 1 heterocycles. The van der Waals surface area contributed by atoms with Crippen LogP contribution in [-0.4, -0.2) is 54.3 Å².